The number of aromatic amines is 1. The van der Waals surface area contributed by atoms with Crippen LogP contribution < -0.4 is 10.1 Å². The summed E-state index contributed by atoms with van der Waals surface area (Å²) in [5.41, 5.74) is 4.14. The number of imidazole rings is 1. The largest absolute Gasteiger partial charge is 0.489 e. The van der Waals surface area contributed by atoms with Crippen LogP contribution in [0.15, 0.2) is 66.7 Å². The number of benzene rings is 3. The average molecular weight is 440 g/mol. The van der Waals surface area contributed by atoms with Gasteiger partial charge in [0.1, 0.15) is 18.2 Å². The van der Waals surface area contributed by atoms with Crippen molar-refractivity contribution >= 4 is 34.2 Å². The Hall–Kier alpha value is -2.53. The van der Waals surface area contributed by atoms with Gasteiger partial charge in [-0.2, -0.15) is 0 Å². The molecule has 4 rings (SSSR count). The molecule has 0 amide bonds. The van der Waals surface area contributed by atoms with Gasteiger partial charge in [-0.05, 0) is 54.9 Å². The standard InChI is InChI=1S/C24H23Cl2N3O/c25-20-5-3-6-21(26)19(20)16-30-18-12-10-17(11-13-18)15-27-14-4-9-24-28-22-7-1-2-8-23(22)29-24/h1-3,5-8,10-13,27H,4,9,14-16H2,(H,28,29). The Bertz CT molecular complexity index is 1060. The predicted molar refractivity (Wildman–Crippen MR) is 123 cm³/mol. The zero-order valence-electron chi connectivity index (χ0n) is 16.5. The highest BCUT2D eigenvalue weighted by molar-refractivity contribution is 6.35. The van der Waals surface area contributed by atoms with Gasteiger partial charge in [0.05, 0.1) is 11.0 Å². The number of ether oxygens (including phenoxy) is 1. The zero-order chi connectivity index (χ0) is 20.8. The van der Waals surface area contributed by atoms with Crippen molar-refractivity contribution in [1.29, 1.82) is 0 Å². The van der Waals surface area contributed by atoms with Crippen molar-refractivity contribution in [3.63, 3.8) is 0 Å². The van der Waals surface area contributed by atoms with Gasteiger partial charge in [0.15, 0.2) is 0 Å². The second-order valence-electron chi connectivity index (χ2n) is 7.11. The van der Waals surface area contributed by atoms with Gasteiger partial charge in [0, 0.05) is 28.6 Å². The van der Waals surface area contributed by atoms with Crippen molar-refractivity contribution in [3.05, 3.63) is 93.7 Å². The SMILES string of the molecule is Clc1cccc(Cl)c1COc1ccc(CNCCCc2nc3ccccc3[nH]2)cc1. The van der Waals surface area contributed by atoms with Crippen LogP contribution in [0.25, 0.3) is 11.0 Å². The van der Waals surface area contributed by atoms with Gasteiger partial charge in [0.2, 0.25) is 0 Å². The summed E-state index contributed by atoms with van der Waals surface area (Å²) in [5, 5.41) is 4.71. The minimum atomic E-state index is 0.345. The molecule has 0 aliphatic rings. The number of nitrogens with zero attached hydrogens (tertiary/aromatic N) is 1. The summed E-state index contributed by atoms with van der Waals surface area (Å²) >= 11 is 12.4. The highest BCUT2D eigenvalue weighted by Gasteiger charge is 2.06. The third-order valence-electron chi connectivity index (χ3n) is 4.90. The molecule has 0 spiro atoms. The number of para-hydroxylation sites is 2. The minimum absolute atomic E-state index is 0.345. The second kappa shape index (κ2) is 9.98. The molecule has 4 nitrogen and oxygen atoms in total. The lowest BCUT2D eigenvalue weighted by atomic mass is 10.2. The number of fused-ring (bicyclic) bond motifs is 1. The van der Waals surface area contributed by atoms with Gasteiger partial charge in [-0.25, -0.2) is 4.98 Å². The summed E-state index contributed by atoms with van der Waals surface area (Å²) in [6.45, 7) is 2.09. The van der Waals surface area contributed by atoms with Gasteiger partial charge in [-0.3, -0.25) is 0 Å². The summed E-state index contributed by atoms with van der Waals surface area (Å²) in [4.78, 5) is 7.99. The van der Waals surface area contributed by atoms with E-state index in [2.05, 4.69) is 33.5 Å². The number of hydrogen-bond acceptors (Lipinski definition) is 3. The summed E-state index contributed by atoms with van der Waals surface area (Å²) in [6.07, 6.45) is 1.96. The topological polar surface area (TPSA) is 49.9 Å². The van der Waals surface area contributed by atoms with Crippen LogP contribution in [0.1, 0.15) is 23.4 Å². The zero-order valence-corrected chi connectivity index (χ0v) is 18.0. The average Bonchev–Trinajstić information content (AvgIpc) is 3.17. The number of halogens is 2. The van der Waals surface area contributed by atoms with Gasteiger partial charge in [0.25, 0.3) is 0 Å². The first-order valence-corrected chi connectivity index (χ1v) is 10.7. The van der Waals surface area contributed by atoms with E-state index in [9.17, 15) is 0 Å². The Morgan fingerprint density at radius 1 is 0.900 bits per heavy atom. The Labute approximate surface area is 186 Å². The molecule has 0 aliphatic heterocycles. The maximum absolute atomic E-state index is 6.18. The Kier molecular flexibility index (Phi) is 6.90. The molecule has 154 valence electrons. The molecule has 30 heavy (non-hydrogen) atoms. The maximum Gasteiger partial charge on any atom is 0.119 e. The monoisotopic (exact) mass is 439 g/mol. The van der Waals surface area contributed by atoms with E-state index in [1.54, 1.807) is 0 Å². The molecule has 0 unspecified atom stereocenters. The van der Waals surface area contributed by atoms with Gasteiger partial charge in [-0.1, -0.05) is 53.5 Å². The van der Waals surface area contributed by atoms with E-state index in [4.69, 9.17) is 27.9 Å². The molecule has 4 aromatic rings. The van der Waals surface area contributed by atoms with E-state index >= 15 is 0 Å². The third-order valence-corrected chi connectivity index (χ3v) is 5.61. The third kappa shape index (κ3) is 5.33. The maximum atomic E-state index is 6.18. The summed E-state index contributed by atoms with van der Waals surface area (Å²) in [5.74, 6) is 1.83. The number of nitrogens with one attached hydrogen (secondary N) is 2. The summed E-state index contributed by atoms with van der Waals surface area (Å²) in [6, 6.07) is 21.6. The van der Waals surface area contributed by atoms with E-state index in [1.807, 2.05) is 48.5 Å². The van der Waals surface area contributed by atoms with Crippen molar-refractivity contribution < 1.29 is 4.74 Å². The van der Waals surface area contributed by atoms with Gasteiger partial charge >= 0.3 is 0 Å². The lowest BCUT2D eigenvalue weighted by Crippen LogP contribution is -2.15. The highest BCUT2D eigenvalue weighted by atomic mass is 35.5. The second-order valence-corrected chi connectivity index (χ2v) is 7.93. The van der Waals surface area contributed by atoms with Crippen LogP contribution in [0.4, 0.5) is 0 Å². The van der Waals surface area contributed by atoms with Crippen LogP contribution in [0.5, 0.6) is 5.75 Å². The number of hydrogen-bond donors (Lipinski definition) is 2. The van der Waals surface area contributed by atoms with Crippen LogP contribution in [-0.2, 0) is 19.6 Å². The van der Waals surface area contributed by atoms with Crippen LogP contribution in [-0.4, -0.2) is 16.5 Å². The molecule has 0 saturated carbocycles. The Morgan fingerprint density at radius 3 is 2.43 bits per heavy atom. The number of aryl methyl sites for hydroxylation is 1. The lowest BCUT2D eigenvalue weighted by molar-refractivity contribution is 0.306. The molecule has 1 aromatic heterocycles. The molecular formula is C24H23Cl2N3O. The van der Waals surface area contributed by atoms with Crippen molar-refractivity contribution in [2.75, 3.05) is 6.54 Å². The molecule has 3 aromatic carbocycles. The Morgan fingerprint density at radius 2 is 1.67 bits per heavy atom. The van der Waals surface area contributed by atoms with Crippen molar-refractivity contribution in [3.8, 4) is 5.75 Å². The van der Waals surface area contributed by atoms with E-state index in [0.29, 0.717) is 16.7 Å². The molecule has 0 radical (unpaired) electrons. The molecular weight excluding hydrogens is 417 g/mol. The van der Waals surface area contributed by atoms with E-state index in [1.165, 1.54) is 5.56 Å². The molecule has 0 atom stereocenters. The smallest absolute Gasteiger partial charge is 0.119 e. The number of H-pyrrole nitrogens is 1. The van der Waals surface area contributed by atoms with Crippen LogP contribution >= 0.6 is 23.2 Å². The highest BCUT2D eigenvalue weighted by Crippen LogP contribution is 2.26. The fraction of sp³-hybridized carbons (Fsp3) is 0.208. The molecule has 1 heterocycles. The van der Waals surface area contributed by atoms with E-state index < -0.39 is 0 Å². The fourth-order valence-electron chi connectivity index (χ4n) is 3.27. The van der Waals surface area contributed by atoms with E-state index in [0.717, 1.165) is 54.1 Å². The van der Waals surface area contributed by atoms with E-state index in [-0.39, 0.29) is 0 Å². The van der Waals surface area contributed by atoms with Crippen LogP contribution in [0.3, 0.4) is 0 Å². The van der Waals surface area contributed by atoms with Gasteiger partial charge in [-0.15, -0.1) is 0 Å². The summed E-state index contributed by atoms with van der Waals surface area (Å²) in [7, 11) is 0. The molecule has 0 fully saturated rings. The van der Waals surface area contributed by atoms with Crippen LogP contribution in [0, 0.1) is 0 Å². The van der Waals surface area contributed by atoms with Crippen molar-refractivity contribution in [2.45, 2.75) is 26.0 Å². The van der Waals surface area contributed by atoms with Crippen LogP contribution in [0.2, 0.25) is 10.0 Å². The molecule has 2 N–H and O–H groups in total. The first-order chi connectivity index (χ1) is 14.7. The predicted octanol–water partition coefficient (Wildman–Crippen LogP) is 6.17. The Balaban J connectivity index is 1.19. The first-order valence-electron chi connectivity index (χ1n) is 9.98. The quantitative estimate of drug-likeness (QED) is 0.306. The summed E-state index contributed by atoms with van der Waals surface area (Å²) < 4.78 is 5.83. The molecule has 6 heteroatoms. The fourth-order valence-corrected chi connectivity index (χ4v) is 3.77. The van der Waals surface area contributed by atoms with Crippen molar-refractivity contribution in [2.24, 2.45) is 0 Å². The lowest BCUT2D eigenvalue weighted by Gasteiger charge is -2.10. The minimum Gasteiger partial charge on any atom is -0.489 e. The molecule has 0 bridgehead atoms. The molecule has 0 saturated heterocycles. The first kappa shape index (κ1) is 20.7. The van der Waals surface area contributed by atoms with Crippen molar-refractivity contribution in [1.82, 2.24) is 15.3 Å². The normalized spacial score (nSPS) is 11.1. The number of aromatic nitrogens is 2. The van der Waals surface area contributed by atoms with Gasteiger partial charge < -0.3 is 15.0 Å². The number of rotatable bonds is 9. The molecule has 0 aliphatic carbocycles.